The summed E-state index contributed by atoms with van der Waals surface area (Å²) in [4.78, 5) is 14.5. The predicted octanol–water partition coefficient (Wildman–Crippen LogP) is 4.67. The smallest absolute Gasteiger partial charge is 0.303 e. The molecule has 0 bridgehead atoms. The molecule has 0 atom stereocenters. The van der Waals surface area contributed by atoms with E-state index in [2.05, 4.69) is 18.7 Å². The molecule has 0 fully saturated rings. The fourth-order valence-corrected chi connectivity index (χ4v) is 1.85. The molecule has 0 radical (unpaired) electrons. The second-order valence-corrected chi connectivity index (χ2v) is 5.20. The van der Waals surface area contributed by atoms with E-state index in [0.717, 1.165) is 19.3 Å². The zero-order valence-electron chi connectivity index (χ0n) is 13.5. The van der Waals surface area contributed by atoms with Crippen LogP contribution in [0.1, 0.15) is 90.9 Å². The molecule has 0 saturated heterocycles. The summed E-state index contributed by atoms with van der Waals surface area (Å²) in [6, 6.07) is 0. The number of aliphatic carboxylic acids is 1. The van der Waals surface area contributed by atoms with E-state index in [1.807, 2.05) is 0 Å². The lowest BCUT2D eigenvalue weighted by molar-refractivity contribution is -0.137. The molecule has 0 rings (SSSR count). The van der Waals surface area contributed by atoms with Crippen LogP contribution in [0.2, 0.25) is 0 Å². The molecule has 0 aliphatic carbocycles. The average Bonchev–Trinajstić information content (AvgIpc) is 2.43. The molecule has 0 aromatic carbocycles. The zero-order chi connectivity index (χ0) is 15.5. The van der Waals surface area contributed by atoms with Gasteiger partial charge in [-0.2, -0.15) is 0 Å². The summed E-state index contributed by atoms with van der Waals surface area (Å²) < 4.78 is 0. The Kier molecular flexibility index (Phi) is 22.4. The highest BCUT2D eigenvalue weighted by Crippen LogP contribution is 2.04. The fraction of sp³-hybridized carbons (Fsp3) is 0.938. The summed E-state index contributed by atoms with van der Waals surface area (Å²) in [5.41, 5.74) is 0. The van der Waals surface area contributed by atoms with Crippen molar-refractivity contribution in [1.82, 2.24) is 0 Å². The third-order valence-electron chi connectivity index (χ3n) is 3.11. The Balaban J connectivity index is 0. The Hall–Kier alpha value is -0.610. The second kappa shape index (κ2) is 20.7. The van der Waals surface area contributed by atoms with Crippen molar-refractivity contribution in [2.45, 2.75) is 90.9 Å². The SMILES string of the molecule is CCCCCCCC(=O)O.CCCCCCCCON. The lowest BCUT2D eigenvalue weighted by Gasteiger charge is -1.98. The first kappa shape index (κ1) is 21.7. The summed E-state index contributed by atoms with van der Waals surface area (Å²) >= 11 is 0. The van der Waals surface area contributed by atoms with Gasteiger partial charge in [-0.05, 0) is 12.8 Å². The van der Waals surface area contributed by atoms with Crippen LogP contribution in [0.25, 0.3) is 0 Å². The van der Waals surface area contributed by atoms with Crippen LogP contribution >= 0.6 is 0 Å². The van der Waals surface area contributed by atoms with Gasteiger partial charge in [-0.3, -0.25) is 4.79 Å². The number of unbranched alkanes of at least 4 members (excludes halogenated alkanes) is 9. The van der Waals surface area contributed by atoms with E-state index in [0.29, 0.717) is 13.0 Å². The van der Waals surface area contributed by atoms with E-state index in [1.165, 1.54) is 51.4 Å². The minimum absolute atomic E-state index is 0.337. The van der Waals surface area contributed by atoms with Crippen LogP contribution in [0, 0.1) is 0 Å². The molecule has 0 heterocycles. The molecular weight excluding hydrogens is 254 g/mol. The Morgan fingerprint density at radius 3 is 1.75 bits per heavy atom. The van der Waals surface area contributed by atoms with E-state index >= 15 is 0 Å². The molecule has 0 saturated carbocycles. The summed E-state index contributed by atoms with van der Waals surface area (Å²) in [6.07, 6.45) is 13.6. The van der Waals surface area contributed by atoms with Crippen molar-refractivity contribution in [2.24, 2.45) is 5.90 Å². The van der Waals surface area contributed by atoms with Gasteiger partial charge in [0.25, 0.3) is 0 Å². The predicted molar refractivity (Wildman–Crippen MR) is 84.5 cm³/mol. The van der Waals surface area contributed by atoms with Crippen LogP contribution in [-0.4, -0.2) is 17.7 Å². The van der Waals surface area contributed by atoms with Gasteiger partial charge in [-0.15, -0.1) is 0 Å². The molecule has 3 N–H and O–H groups in total. The van der Waals surface area contributed by atoms with E-state index in [-0.39, 0.29) is 0 Å². The van der Waals surface area contributed by atoms with Gasteiger partial charge in [0.1, 0.15) is 0 Å². The van der Waals surface area contributed by atoms with Crippen molar-refractivity contribution in [1.29, 1.82) is 0 Å². The van der Waals surface area contributed by atoms with Gasteiger partial charge in [0.05, 0.1) is 6.61 Å². The molecule has 0 unspecified atom stereocenters. The van der Waals surface area contributed by atoms with Gasteiger partial charge in [0.15, 0.2) is 0 Å². The van der Waals surface area contributed by atoms with Crippen molar-refractivity contribution in [3.8, 4) is 0 Å². The molecular formula is C16H35NO3. The topological polar surface area (TPSA) is 72.5 Å². The lowest BCUT2D eigenvalue weighted by atomic mass is 10.1. The second-order valence-electron chi connectivity index (χ2n) is 5.20. The van der Waals surface area contributed by atoms with Gasteiger partial charge in [-0.1, -0.05) is 71.6 Å². The Labute approximate surface area is 125 Å². The normalized spacial score (nSPS) is 9.95. The monoisotopic (exact) mass is 289 g/mol. The van der Waals surface area contributed by atoms with E-state index in [1.54, 1.807) is 0 Å². The van der Waals surface area contributed by atoms with Crippen LogP contribution < -0.4 is 5.90 Å². The van der Waals surface area contributed by atoms with E-state index < -0.39 is 5.97 Å². The molecule has 0 aromatic rings. The molecule has 0 amide bonds. The van der Waals surface area contributed by atoms with Crippen molar-refractivity contribution >= 4 is 5.97 Å². The molecule has 0 aliphatic rings. The van der Waals surface area contributed by atoms with Gasteiger partial charge < -0.3 is 9.94 Å². The molecule has 0 aromatic heterocycles. The molecule has 122 valence electrons. The molecule has 4 heteroatoms. The highest BCUT2D eigenvalue weighted by Gasteiger charge is 1.94. The summed E-state index contributed by atoms with van der Waals surface area (Å²) in [5.74, 6) is 4.20. The molecule has 0 aliphatic heterocycles. The maximum atomic E-state index is 10.0. The minimum atomic E-state index is -0.670. The van der Waals surface area contributed by atoms with E-state index in [4.69, 9.17) is 11.0 Å². The maximum absolute atomic E-state index is 10.0. The van der Waals surface area contributed by atoms with Gasteiger partial charge in [-0.25, -0.2) is 5.90 Å². The standard InChI is InChI=1S/C8H19NO.C8H16O2/c1-2-3-4-5-6-7-8-10-9;1-2-3-4-5-6-7-8(9)10/h2-9H2,1H3;2-7H2,1H3,(H,9,10). The highest BCUT2D eigenvalue weighted by atomic mass is 16.6. The third kappa shape index (κ3) is 26.1. The Morgan fingerprint density at radius 2 is 1.30 bits per heavy atom. The number of carboxylic acids is 1. The first-order chi connectivity index (χ1) is 9.68. The summed E-state index contributed by atoms with van der Waals surface area (Å²) in [6.45, 7) is 5.09. The van der Waals surface area contributed by atoms with Crippen LogP contribution in [0.3, 0.4) is 0 Å². The quantitative estimate of drug-likeness (QED) is 0.382. The summed E-state index contributed by atoms with van der Waals surface area (Å²) in [5, 5.41) is 8.27. The van der Waals surface area contributed by atoms with Crippen LogP contribution in [0.4, 0.5) is 0 Å². The first-order valence-corrected chi connectivity index (χ1v) is 8.22. The number of nitrogens with two attached hydrogens (primary N) is 1. The maximum Gasteiger partial charge on any atom is 0.303 e. The molecule has 20 heavy (non-hydrogen) atoms. The number of carboxylic acid groups (broad SMARTS) is 1. The lowest BCUT2D eigenvalue weighted by Crippen LogP contribution is -2.00. The summed E-state index contributed by atoms with van der Waals surface area (Å²) in [7, 11) is 0. The third-order valence-corrected chi connectivity index (χ3v) is 3.11. The number of hydrogen-bond acceptors (Lipinski definition) is 3. The van der Waals surface area contributed by atoms with Gasteiger partial charge in [0.2, 0.25) is 0 Å². The van der Waals surface area contributed by atoms with Crippen molar-refractivity contribution in [3.05, 3.63) is 0 Å². The first-order valence-electron chi connectivity index (χ1n) is 8.22. The number of hydrogen-bond donors (Lipinski definition) is 2. The number of rotatable bonds is 13. The largest absolute Gasteiger partial charge is 0.481 e. The zero-order valence-corrected chi connectivity index (χ0v) is 13.5. The number of carbonyl (C=O) groups is 1. The van der Waals surface area contributed by atoms with Crippen molar-refractivity contribution in [3.63, 3.8) is 0 Å². The van der Waals surface area contributed by atoms with E-state index in [9.17, 15) is 4.79 Å². The van der Waals surface area contributed by atoms with Crippen molar-refractivity contribution in [2.75, 3.05) is 6.61 Å². The van der Waals surface area contributed by atoms with Gasteiger partial charge in [0, 0.05) is 6.42 Å². The fourth-order valence-electron chi connectivity index (χ4n) is 1.85. The minimum Gasteiger partial charge on any atom is -0.481 e. The van der Waals surface area contributed by atoms with Gasteiger partial charge >= 0.3 is 5.97 Å². The Bertz CT molecular complexity index is 179. The molecule has 0 spiro atoms. The van der Waals surface area contributed by atoms with Crippen LogP contribution in [0.5, 0.6) is 0 Å². The average molecular weight is 289 g/mol. The molecule has 4 nitrogen and oxygen atoms in total. The highest BCUT2D eigenvalue weighted by molar-refractivity contribution is 5.66. The van der Waals surface area contributed by atoms with Crippen LogP contribution in [-0.2, 0) is 9.63 Å². The van der Waals surface area contributed by atoms with Crippen molar-refractivity contribution < 1.29 is 14.7 Å². The van der Waals surface area contributed by atoms with Crippen LogP contribution in [0.15, 0.2) is 0 Å². The Morgan fingerprint density at radius 1 is 0.850 bits per heavy atom.